The number of aromatic nitrogens is 4. The molecule has 0 fully saturated rings. The summed E-state index contributed by atoms with van der Waals surface area (Å²) in [6.45, 7) is 6.33. The van der Waals surface area contributed by atoms with Gasteiger partial charge in [-0.05, 0) is 146 Å². The fourth-order valence-electron chi connectivity index (χ4n) is 10.0. The summed E-state index contributed by atoms with van der Waals surface area (Å²) in [5.74, 6) is -1.79. The third-order valence-corrected chi connectivity index (χ3v) is 18.3. The Labute approximate surface area is 524 Å². The standard InChI is InChI=1S/C26H17F2N3O4S.C20H17N3O4S.C19H13N3O4S/c1-15-22-24(32)30(17-6-3-2-4-7-17)26(33)29(14-19-20(27)8-5-9-21(19)28)25(22)36-23(15)16-10-12-18(13-11-16)31(34)35;1-12-17(13(2)24)19(22-20(25)21-15-6-4-3-5-7-15)28-18(12)14-8-10-16(11-9-14)23(26)27;1-11-15-17(27-16(11)12-7-9-14(10-8-12)22(25)26)20-19(24)21(18(15)23)13-5-3-2-4-6-13/h2-13H,14H2,1H3;3-11H,1-2H3,(H2,21,22,25);2-10H,1H3,(H,20,24). The maximum Gasteiger partial charge on any atom is 0.337 e. The number of aromatic amines is 1. The van der Waals surface area contributed by atoms with Gasteiger partial charge in [-0.2, -0.15) is 0 Å². The Morgan fingerprint density at radius 3 is 1.42 bits per heavy atom. The second-order valence-electron chi connectivity index (χ2n) is 20.1. The van der Waals surface area contributed by atoms with Crippen LogP contribution in [0.4, 0.5) is 41.3 Å². The van der Waals surface area contributed by atoms with Crippen LogP contribution in [0, 0.1) is 62.7 Å². The number of hydrogen-bond donors (Lipinski definition) is 3. The van der Waals surface area contributed by atoms with Crippen LogP contribution in [0.25, 0.3) is 63.1 Å². The predicted molar refractivity (Wildman–Crippen MR) is 349 cm³/mol. The van der Waals surface area contributed by atoms with Gasteiger partial charge in [-0.3, -0.25) is 59.6 Å². The number of benzene rings is 7. The molecule has 5 heterocycles. The van der Waals surface area contributed by atoms with E-state index in [0.29, 0.717) is 53.8 Å². The van der Waals surface area contributed by atoms with E-state index in [-0.39, 0.29) is 44.2 Å². The van der Waals surface area contributed by atoms with Crippen molar-refractivity contribution in [2.75, 3.05) is 10.6 Å². The summed E-state index contributed by atoms with van der Waals surface area (Å²) in [6, 6.07) is 47.0. The van der Waals surface area contributed by atoms with Gasteiger partial charge in [-0.1, -0.05) is 60.7 Å². The lowest BCUT2D eigenvalue weighted by Gasteiger charge is -2.13. The number of thiophene rings is 3. The van der Waals surface area contributed by atoms with E-state index in [1.54, 1.807) is 129 Å². The molecular formula is C65H47F2N9O12S3. The number of nitro groups is 3. The fourth-order valence-corrected chi connectivity index (χ4v) is 13.7. The van der Waals surface area contributed by atoms with Crippen molar-refractivity contribution in [1.82, 2.24) is 18.7 Å². The number of carbonyl (C=O) groups is 2. The van der Waals surface area contributed by atoms with Gasteiger partial charge in [0.1, 0.15) is 26.3 Å². The van der Waals surface area contributed by atoms with Gasteiger partial charge in [0.25, 0.3) is 28.2 Å². The number of anilines is 2. The first-order valence-electron chi connectivity index (χ1n) is 27.2. The van der Waals surface area contributed by atoms with Crippen LogP contribution in [-0.2, 0) is 6.54 Å². The second kappa shape index (κ2) is 26.5. The van der Waals surface area contributed by atoms with Gasteiger partial charge in [-0.25, -0.2) is 32.3 Å². The van der Waals surface area contributed by atoms with Crippen molar-refractivity contribution in [1.29, 1.82) is 0 Å². The molecule has 91 heavy (non-hydrogen) atoms. The smallest absolute Gasteiger partial charge is 0.308 e. The maximum absolute atomic E-state index is 14.5. The molecule has 3 N–H and O–H groups in total. The molecule has 2 amide bonds. The molecule has 0 spiro atoms. The van der Waals surface area contributed by atoms with Gasteiger partial charge in [-0.15, -0.1) is 34.0 Å². The molecule has 0 saturated heterocycles. The Hall–Kier alpha value is -11.5. The van der Waals surface area contributed by atoms with Crippen molar-refractivity contribution in [3.63, 3.8) is 0 Å². The number of aryl methyl sites for hydroxylation is 2. The second-order valence-corrected chi connectivity index (χ2v) is 23.2. The van der Waals surface area contributed by atoms with Crippen LogP contribution >= 0.6 is 34.0 Å². The lowest BCUT2D eigenvalue weighted by molar-refractivity contribution is -0.385. The number of H-pyrrole nitrogens is 1. The van der Waals surface area contributed by atoms with E-state index in [2.05, 4.69) is 15.6 Å². The van der Waals surface area contributed by atoms with Gasteiger partial charge >= 0.3 is 17.4 Å². The molecule has 12 rings (SSSR count). The molecule has 0 bridgehead atoms. The molecular weight excluding hydrogens is 1230 g/mol. The first-order valence-corrected chi connectivity index (χ1v) is 29.7. The molecule has 0 aliphatic carbocycles. The average molecular weight is 1280 g/mol. The highest BCUT2D eigenvalue weighted by Gasteiger charge is 2.26. The van der Waals surface area contributed by atoms with Crippen LogP contribution in [0.1, 0.15) is 39.5 Å². The van der Waals surface area contributed by atoms with Gasteiger partial charge in [0.05, 0.1) is 49.0 Å². The zero-order chi connectivity index (χ0) is 64.9. The minimum atomic E-state index is -0.809. The van der Waals surface area contributed by atoms with Crippen LogP contribution in [0.15, 0.2) is 201 Å². The number of hydrogen-bond acceptors (Lipinski definition) is 15. The number of nitrogens with zero attached hydrogens (tertiary/aromatic N) is 6. The molecule has 12 aromatic rings. The number of urea groups is 1. The number of fused-ring (bicyclic) bond motifs is 2. The van der Waals surface area contributed by atoms with Crippen molar-refractivity contribution in [3.05, 3.63) is 293 Å². The van der Waals surface area contributed by atoms with Gasteiger partial charge in [0.2, 0.25) is 0 Å². The van der Waals surface area contributed by atoms with Crippen LogP contribution < -0.4 is 33.1 Å². The molecule has 0 saturated carbocycles. The highest BCUT2D eigenvalue weighted by Crippen LogP contribution is 2.42. The molecule has 21 nitrogen and oxygen atoms in total. The molecule has 0 aliphatic rings. The van der Waals surface area contributed by atoms with E-state index in [1.165, 1.54) is 76.6 Å². The number of non-ortho nitro benzene ring substituents is 3. The highest BCUT2D eigenvalue weighted by molar-refractivity contribution is 7.22. The van der Waals surface area contributed by atoms with Crippen molar-refractivity contribution >= 4 is 94.0 Å². The first-order chi connectivity index (χ1) is 43.6. The van der Waals surface area contributed by atoms with Crippen LogP contribution in [0.3, 0.4) is 0 Å². The molecule has 26 heteroatoms. The summed E-state index contributed by atoms with van der Waals surface area (Å²) < 4.78 is 32.4. The topological polar surface area (TPSA) is 286 Å². The van der Waals surface area contributed by atoms with E-state index in [1.807, 2.05) is 19.1 Å². The zero-order valence-electron chi connectivity index (χ0n) is 48.1. The van der Waals surface area contributed by atoms with Crippen LogP contribution in [-0.4, -0.2) is 45.3 Å². The lowest BCUT2D eigenvalue weighted by atomic mass is 10.0. The van der Waals surface area contributed by atoms with Gasteiger partial charge in [0, 0.05) is 62.3 Å². The Kier molecular flexibility index (Phi) is 18.2. The van der Waals surface area contributed by atoms with Crippen molar-refractivity contribution in [2.24, 2.45) is 0 Å². The number of nitrogens with one attached hydrogen (secondary N) is 3. The average Bonchev–Trinajstić information content (AvgIpc) is 1.67. The Morgan fingerprint density at radius 2 is 0.945 bits per heavy atom. The summed E-state index contributed by atoms with van der Waals surface area (Å²) in [5.41, 5.74) is 3.41. The number of carbonyl (C=O) groups excluding carboxylic acids is 2. The van der Waals surface area contributed by atoms with Gasteiger partial charge < -0.3 is 5.32 Å². The number of nitro benzene ring substituents is 3. The molecule has 5 aromatic heterocycles. The molecule has 0 radical (unpaired) electrons. The first kappa shape index (κ1) is 62.6. The summed E-state index contributed by atoms with van der Waals surface area (Å²) in [6.07, 6.45) is 0. The fraction of sp³-hybridized carbons (Fsp3) is 0.0769. The Morgan fingerprint density at radius 1 is 0.516 bits per heavy atom. The molecule has 456 valence electrons. The monoisotopic (exact) mass is 1280 g/mol. The largest absolute Gasteiger partial charge is 0.337 e. The van der Waals surface area contributed by atoms with Crippen molar-refractivity contribution < 1.29 is 33.1 Å². The normalized spacial score (nSPS) is 10.9. The lowest BCUT2D eigenvalue weighted by Crippen LogP contribution is -2.39. The molecule has 7 aromatic carbocycles. The number of para-hydroxylation sites is 3. The highest BCUT2D eigenvalue weighted by atomic mass is 32.1. The number of rotatable bonds is 13. The summed E-state index contributed by atoms with van der Waals surface area (Å²) >= 11 is 3.66. The number of halogens is 2. The number of Topliss-reactive ketones (excluding diaryl/α,β-unsaturated/α-hetero) is 1. The Bertz CT molecular complexity index is 5070. The summed E-state index contributed by atoms with van der Waals surface area (Å²) in [4.78, 5) is 114. The Balaban J connectivity index is 0.000000152. The third-order valence-electron chi connectivity index (χ3n) is 14.4. The van der Waals surface area contributed by atoms with Crippen molar-refractivity contribution in [3.8, 4) is 42.7 Å². The minimum Gasteiger partial charge on any atom is -0.308 e. The van der Waals surface area contributed by atoms with Crippen LogP contribution in [0.5, 0.6) is 0 Å². The SMILES string of the molecule is CC(=O)c1c(NC(=O)Nc2ccccc2)sc(-c2ccc([N+](=O)[O-])cc2)c1C.Cc1c(-c2ccc([N+](=O)[O-])cc2)sc2[nH]c(=O)n(-c3ccccc3)c(=O)c12.Cc1c(-c2ccc([N+](=O)[O-])cc2)sc2c1c(=O)n(-c1ccccc1)c(=O)n2Cc1c(F)cccc1F. The van der Waals surface area contributed by atoms with E-state index in [4.69, 9.17) is 0 Å². The number of amides is 2. The van der Waals surface area contributed by atoms with E-state index in [9.17, 15) is 67.9 Å². The van der Waals surface area contributed by atoms with E-state index < -0.39 is 55.9 Å². The molecule has 0 atom stereocenters. The number of ketones is 1. The van der Waals surface area contributed by atoms with Crippen LogP contribution in [0.2, 0.25) is 0 Å². The zero-order valence-corrected chi connectivity index (χ0v) is 50.5. The quantitative estimate of drug-likeness (QED) is 0.0552. The van der Waals surface area contributed by atoms with E-state index in [0.717, 1.165) is 64.6 Å². The summed E-state index contributed by atoms with van der Waals surface area (Å²) in [7, 11) is 0. The summed E-state index contributed by atoms with van der Waals surface area (Å²) in [5, 5.41) is 39.3. The van der Waals surface area contributed by atoms with E-state index >= 15 is 0 Å². The molecule has 0 unspecified atom stereocenters. The van der Waals surface area contributed by atoms with Gasteiger partial charge in [0.15, 0.2) is 5.78 Å². The maximum atomic E-state index is 14.5. The van der Waals surface area contributed by atoms with Crippen molar-refractivity contribution in [2.45, 2.75) is 34.2 Å². The minimum absolute atomic E-state index is 0.00245. The third kappa shape index (κ3) is 12.9. The predicted octanol–water partition coefficient (Wildman–Crippen LogP) is 14.5. The molecule has 0 aliphatic heterocycles.